The number of hydrogen-bond acceptors (Lipinski definition) is 7. The van der Waals surface area contributed by atoms with Gasteiger partial charge in [0.05, 0.1) is 12.8 Å². The van der Waals surface area contributed by atoms with E-state index in [1.807, 2.05) is 6.92 Å². The van der Waals surface area contributed by atoms with Gasteiger partial charge in [0.1, 0.15) is 16.4 Å². The summed E-state index contributed by atoms with van der Waals surface area (Å²) in [6, 6.07) is 7.43. The number of ether oxygens (including phenoxy) is 1. The number of carboxylic acids is 1. The summed E-state index contributed by atoms with van der Waals surface area (Å²) in [5.74, 6) is -1.36. The molecule has 0 aliphatic carbocycles. The first-order chi connectivity index (χ1) is 16.0. The van der Waals surface area contributed by atoms with Crippen LogP contribution in [0.4, 0.5) is 5.69 Å². The number of carbonyl (C=O) groups excluding carboxylic acids is 1. The monoisotopic (exact) mass is 490 g/mol. The van der Waals surface area contributed by atoms with Gasteiger partial charge < -0.3 is 19.6 Å². The minimum atomic E-state index is -4.14. The second-order valence-corrected chi connectivity index (χ2v) is 9.41. The van der Waals surface area contributed by atoms with Crippen molar-refractivity contribution in [3.8, 4) is 11.6 Å². The van der Waals surface area contributed by atoms with E-state index in [1.54, 1.807) is 19.1 Å². The van der Waals surface area contributed by atoms with Crippen LogP contribution in [-0.4, -0.2) is 35.2 Å². The van der Waals surface area contributed by atoms with Crippen LogP contribution >= 0.6 is 0 Å². The number of sulfonamides is 1. The van der Waals surface area contributed by atoms with Gasteiger partial charge in [0, 0.05) is 24.2 Å². The highest BCUT2D eigenvalue weighted by molar-refractivity contribution is 7.89. The zero-order valence-electron chi connectivity index (χ0n) is 19.2. The third-order valence-corrected chi connectivity index (χ3v) is 6.63. The Morgan fingerprint density at radius 1 is 1.29 bits per heavy atom. The number of aryl methyl sites for hydroxylation is 1. The average molecular weight is 491 g/mol. The average Bonchev–Trinajstić information content (AvgIpc) is 3.41. The number of carboxylic acid groups (broad SMARTS) is 1. The van der Waals surface area contributed by atoms with Crippen LogP contribution in [0.2, 0.25) is 0 Å². The van der Waals surface area contributed by atoms with Crippen LogP contribution in [-0.2, 0) is 28.4 Å². The SMILES string of the molecule is CC[C@H](C)C(=O)Nc1ccc(Oc2c(C)c(C(=O)O)nn2C)c(S(=O)(=O)NCc2ccco2)c1. The molecule has 1 amide bonds. The number of aromatic nitrogens is 2. The molecule has 0 spiro atoms. The highest BCUT2D eigenvalue weighted by Gasteiger charge is 2.25. The number of benzene rings is 1. The quantitative estimate of drug-likeness (QED) is 0.391. The highest BCUT2D eigenvalue weighted by atomic mass is 32.2. The van der Waals surface area contributed by atoms with Gasteiger partial charge in [-0.1, -0.05) is 13.8 Å². The fraction of sp³-hybridized carbons (Fsp3) is 0.318. The number of nitrogens with zero attached hydrogens (tertiary/aromatic N) is 2. The van der Waals surface area contributed by atoms with Crippen molar-refractivity contribution in [3.05, 3.63) is 53.6 Å². The Hall–Kier alpha value is -3.64. The van der Waals surface area contributed by atoms with Crippen LogP contribution in [0.15, 0.2) is 45.9 Å². The number of nitrogens with one attached hydrogen (secondary N) is 2. The van der Waals surface area contributed by atoms with Crippen molar-refractivity contribution in [2.45, 2.75) is 38.6 Å². The number of aromatic carboxylic acids is 1. The lowest BCUT2D eigenvalue weighted by molar-refractivity contribution is -0.119. The molecule has 3 N–H and O–H groups in total. The molecule has 3 rings (SSSR count). The van der Waals surface area contributed by atoms with Gasteiger partial charge in [0.15, 0.2) is 5.69 Å². The van der Waals surface area contributed by atoms with Crippen molar-refractivity contribution in [2.75, 3.05) is 5.32 Å². The predicted molar refractivity (Wildman–Crippen MR) is 122 cm³/mol. The van der Waals surface area contributed by atoms with Gasteiger partial charge in [-0.3, -0.25) is 4.79 Å². The molecule has 0 unspecified atom stereocenters. The molecular formula is C22H26N4O7S. The summed E-state index contributed by atoms with van der Waals surface area (Å²) >= 11 is 0. The molecule has 0 saturated heterocycles. The summed E-state index contributed by atoms with van der Waals surface area (Å²) in [5.41, 5.74) is 0.287. The van der Waals surface area contributed by atoms with Gasteiger partial charge in [-0.05, 0) is 43.7 Å². The zero-order chi connectivity index (χ0) is 25.0. The van der Waals surface area contributed by atoms with Crippen LogP contribution in [0.1, 0.15) is 42.1 Å². The number of carbonyl (C=O) groups is 2. The van der Waals surface area contributed by atoms with E-state index in [4.69, 9.17) is 9.15 Å². The summed E-state index contributed by atoms with van der Waals surface area (Å²) in [4.78, 5) is 23.5. The van der Waals surface area contributed by atoms with E-state index in [-0.39, 0.29) is 51.8 Å². The van der Waals surface area contributed by atoms with Gasteiger partial charge in [-0.2, -0.15) is 5.10 Å². The second kappa shape index (κ2) is 10.1. The standard InChI is InChI=1S/C22H26N4O7S/c1-5-13(2)20(27)24-15-8-9-17(33-21-14(3)19(22(28)29)25-26(21)4)18(11-15)34(30,31)23-12-16-7-6-10-32-16/h6-11,13,23H,5,12H2,1-4H3,(H,24,27)(H,28,29)/t13-/m0/s1. The molecule has 2 aromatic heterocycles. The zero-order valence-corrected chi connectivity index (χ0v) is 20.0. The number of amides is 1. The highest BCUT2D eigenvalue weighted by Crippen LogP contribution is 2.34. The molecule has 0 bridgehead atoms. The van der Waals surface area contributed by atoms with Crippen molar-refractivity contribution < 1.29 is 32.3 Å². The normalized spacial score (nSPS) is 12.4. The van der Waals surface area contributed by atoms with Crippen LogP contribution < -0.4 is 14.8 Å². The van der Waals surface area contributed by atoms with Gasteiger partial charge in [-0.25, -0.2) is 22.6 Å². The van der Waals surface area contributed by atoms with Crippen molar-refractivity contribution >= 4 is 27.6 Å². The maximum Gasteiger partial charge on any atom is 0.356 e. The van der Waals surface area contributed by atoms with E-state index in [9.17, 15) is 23.1 Å². The van der Waals surface area contributed by atoms with Crippen molar-refractivity contribution in [1.29, 1.82) is 0 Å². The van der Waals surface area contributed by atoms with E-state index in [2.05, 4.69) is 15.1 Å². The van der Waals surface area contributed by atoms with Crippen molar-refractivity contribution in [1.82, 2.24) is 14.5 Å². The van der Waals surface area contributed by atoms with E-state index in [0.29, 0.717) is 12.2 Å². The largest absolute Gasteiger partial charge is 0.476 e. The fourth-order valence-electron chi connectivity index (χ4n) is 3.05. The van der Waals surface area contributed by atoms with Crippen LogP contribution in [0.5, 0.6) is 11.6 Å². The van der Waals surface area contributed by atoms with Crippen LogP contribution in [0.3, 0.4) is 0 Å². The van der Waals surface area contributed by atoms with Gasteiger partial charge >= 0.3 is 5.97 Å². The van der Waals surface area contributed by atoms with E-state index in [1.165, 1.54) is 43.1 Å². The minimum absolute atomic E-state index is 0.0660. The molecule has 2 heterocycles. The molecule has 0 aliphatic heterocycles. The van der Waals surface area contributed by atoms with E-state index in [0.717, 1.165) is 0 Å². The lowest BCUT2D eigenvalue weighted by Crippen LogP contribution is -2.24. The Kier molecular flexibility index (Phi) is 7.42. The molecule has 182 valence electrons. The summed E-state index contributed by atoms with van der Waals surface area (Å²) < 4.78 is 41.0. The Morgan fingerprint density at radius 3 is 2.62 bits per heavy atom. The maximum atomic E-state index is 13.2. The molecule has 3 aromatic rings. The second-order valence-electron chi connectivity index (χ2n) is 7.67. The number of furan rings is 1. The Balaban J connectivity index is 2.01. The first-order valence-electron chi connectivity index (χ1n) is 10.4. The number of rotatable bonds is 10. The van der Waals surface area contributed by atoms with E-state index >= 15 is 0 Å². The molecule has 34 heavy (non-hydrogen) atoms. The summed E-state index contributed by atoms with van der Waals surface area (Å²) in [6.45, 7) is 5.04. The molecular weight excluding hydrogens is 464 g/mol. The molecule has 0 fully saturated rings. The topological polar surface area (TPSA) is 153 Å². The Bertz CT molecular complexity index is 1300. The van der Waals surface area contributed by atoms with Crippen molar-refractivity contribution in [3.63, 3.8) is 0 Å². The molecule has 0 aliphatic rings. The molecule has 11 nitrogen and oxygen atoms in total. The smallest absolute Gasteiger partial charge is 0.356 e. The summed E-state index contributed by atoms with van der Waals surface area (Å²) in [7, 11) is -2.65. The van der Waals surface area contributed by atoms with Gasteiger partial charge in [0.2, 0.25) is 21.8 Å². The van der Waals surface area contributed by atoms with Crippen molar-refractivity contribution in [2.24, 2.45) is 13.0 Å². The van der Waals surface area contributed by atoms with Gasteiger partial charge in [0.25, 0.3) is 0 Å². The lowest BCUT2D eigenvalue weighted by atomic mass is 10.1. The number of anilines is 1. The fourth-order valence-corrected chi connectivity index (χ4v) is 4.20. The third kappa shape index (κ3) is 5.46. The van der Waals surface area contributed by atoms with Gasteiger partial charge in [-0.15, -0.1) is 0 Å². The van der Waals surface area contributed by atoms with E-state index < -0.39 is 16.0 Å². The van der Waals surface area contributed by atoms with Crippen LogP contribution in [0.25, 0.3) is 0 Å². The number of hydrogen-bond donors (Lipinski definition) is 3. The summed E-state index contributed by atoms with van der Waals surface area (Å²) in [5, 5.41) is 15.9. The Labute approximate surface area is 196 Å². The molecule has 0 radical (unpaired) electrons. The Morgan fingerprint density at radius 2 is 2.03 bits per heavy atom. The molecule has 12 heteroatoms. The maximum absolute atomic E-state index is 13.2. The molecule has 0 saturated carbocycles. The summed E-state index contributed by atoms with van der Waals surface area (Å²) in [6.07, 6.45) is 2.04. The first kappa shape index (κ1) is 25.0. The predicted octanol–water partition coefficient (Wildman–Crippen LogP) is 3.28. The molecule has 1 aromatic carbocycles. The lowest BCUT2D eigenvalue weighted by Gasteiger charge is -2.16. The molecule has 1 atom stereocenters. The third-order valence-electron chi connectivity index (χ3n) is 5.21. The van der Waals surface area contributed by atoms with Crippen LogP contribution in [0, 0.1) is 12.8 Å². The first-order valence-corrected chi connectivity index (χ1v) is 11.9. The minimum Gasteiger partial charge on any atom is -0.476 e.